The number of nitrogens with zero attached hydrogens (tertiary/aromatic N) is 3. The van der Waals surface area contributed by atoms with Crippen LogP contribution in [0.2, 0.25) is 0 Å². The standard InChI is InChI=1S/C17H21N5O.BrH/c1-17(2)21-15(18)20-16(19)22(17)23-11-10-13-8-5-7-12-6-3-4-9-14(12)13;/h3-9H,10-11H2,1-2H3,(H4,18,19,20,21);1H. The molecule has 1 heterocycles. The fraction of sp³-hybridized carbons (Fsp3) is 0.294. The molecule has 24 heavy (non-hydrogen) atoms. The first-order valence-corrected chi connectivity index (χ1v) is 7.57. The number of benzene rings is 2. The van der Waals surface area contributed by atoms with Gasteiger partial charge in [-0.2, -0.15) is 10.1 Å². The van der Waals surface area contributed by atoms with Gasteiger partial charge in [-0.1, -0.05) is 42.5 Å². The molecule has 1 aliphatic heterocycles. The second kappa shape index (κ2) is 7.19. The van der Waals surface area contributed by atoms with Gasteiger partial charge in [-0.25, -0.2) is 4.99 Å². The van der Waals surface area contributed by atoms with Gasteiger partial charge in [0.05, 0.1) is 6.61 Å². The fourth-order valence-corrected chi connectivity index (χ4v) is 2.78. The third kappa shape index (κ3) is 3.68. The lowest BCUT2D eigenvalue weighted by molar-refractivity contribution is -0.155. The minimum Gasteiger partial charge on any atom is -0.368 e. The molecule has 0 bridgehead atoms. The van der Waals surface area contributed by atoms with E-state index in [0.717, 1.165) is 6.42 Å². The normalized spacial score (nSPS) is 16.3. The highest BCUT2D eigenvalue weighted by atomic mass is 79.9. The lowest BCUT2D eigenvalue weighted by atomic mass is 10.0. The third-order valence-corrected chi connectivity index (χ3v) is 3.79. The summed E-state index contributed by atoms with van der Waals surface area (Å²) in [6.07, 6.45) is 0.764. The molecule has 0 fully saturated rings. The quantitative estimate of drug-likeness (QED) is 0.837. The molecule has 0 saturated heterocycles. The lowest BCUT2D eigenvalue weighted by Crippen LogP contribution is -2.53. The first-order valence-electron chi connectivity index (χ1n) is 7.57. The van der Waals surface area contributed by atoms with Gasteiger partial charge in [-0.3, -0.25) is 4.84 Å². The molecule has 2 aromatic carbocycles. The predicted molar refractivity (Wildman–Crippen MR) is 103 cm³/mol. The van der Waals surface area contributed by atoms with E-state index >= 15 is 0 Å². The number of hydrogen-bond donors (Lipinski definition) is 2. The molecule has 0 saturated carbocycles. The number of rotatable bonds is 4. The number of aliphatic imine (C=N–C) groups is 2. The largest absolute Gasteiger partial charge is 0.368 e. The molecule has 4 N–H and O–H groups in total. The Hall–Kier alpha value is -2.12. The Labute approximate surface area is 151 Å². The highest BCUT2D eigenvalue weighted by Gasteiger charge is 2.32. The summed E-state index contributed by atoms with van der Waals surface area (Å²) in [6, 6.07) is 14.6. The molecular weight excluding hydrogens is 370 g/mol. The maximum Gasteiger partial charge on any atom is 0.226 e. The minimum absolute atomic E-state index is 0. The van der Waals surface area contributed by atoms with Crippen LogP contribution in [0.25, 0.3) is 10.8 Å². The zero-order chi connectivity index (χ0) is 16.4. The Morgan fingerprint density at radius 2 is 1.79 bits per heavy atom. The van der Waals surface area contributed by atoms with Crippen LogP contribution >= 0.6 is 17.0 Å². The topological polar surface area (TPSA) is 89.2 Å². The van der Waals surface area contributed by atoms with Crippen molar-refractivity contribution < 1.29 is 4.84 Å². The van der Waals surface area contributed by atoms with Crippen LogP contribution in [0.5, 0.6) is 0 Å². The van der Waals surface area contributed by atoms with Gasteiger partial charge in [-0.15, -0.1) is 17.0 Å². The smallest absolute Gasteiger partial charge is 0.226 e. The van der Waals surface area contributed by atoms with E-state index < -0.39 is 5.66 Å². The second-order valence-corrected chi connectivity index (χ2v) is 5.95. The molecule has 0 aliphatic carbocycles. The Morgan fingerprint density at radius 3 is 2.54 bits per heavy atom. The molecule has 3 rings (SSSR count). The molecular formula is C17H22BrN5O. The average molecular weight is 392 g/mol. The van der Waals surface area contributed by atoms with Crippen LogP contribution in [0.1, 0.15) is 19.4 Å². The molecule has 0 amide bonds. The SMILES string of the molecule is Br.CC1(C)N=C(N)N=C(N)N1OCCc1cccc2ccccc12. The molecule has 2 aromatic rings. The Morgan fingerprint density at radius 1 is 1.08 bits per heavy atom. The first-order chi connectivity index (χ1) is 11.0. The maximum absolute atomic E-state index is 5.91. The van der Waals surface area contributed by atoms with Crippen molar-refractivity contribution in [2.45, 2.75) is 25.9 Å². The van der Waals surface area contributed by atoms with E-state index in [9.17, 15) is 0 Å². The summed E-state index contributed by atoms with van der Waals surface area (Å²) in [6.45, 7) is 4.22. The lowest BCUT2D eigenvalue weighted by Gasteiger charge is -2.36. The van der Waals surface area contributed by atoms with Crippen LogP contribution in [0.4, 0.5) is 0 Å². The summed E-state index contributed by atoms with van der Waals surface area (Å²) in [7, 11) is 0. The molecule has 128 valence electrons. The van der Waals surface area contributed by atoms with Crippen LogP contribution in [-0.2, 0) is 11.3 Å². The van der Waals surface area contributed by atoms with E-state index in [1.54, 1.807) is 0 Å². The van der Waals surface area contributed by atoms with Crippen LogP contribution in [0.15, 0.2) is 52.4 Å². The zero-order valence-corrected chi connectivity index (χ0v) is 15.5. The molecule has 6 nitrogen and oxygen atoms in total. The average Bonchev–Trinajstić information content (AvgIpc) is 2.49. The van der Waals surface area contributed by atoms with Crippen LogP contribution in [0.3, 0.4) is 0 Å². The van der Waals surface area contributed by atoms with Crippen molar-refractivity contribution >= 4 is 39.7 Å². The van der Waals surface area contributed by atoms with E-state index in [-0.39, 0.29) is 28.9 Å². The summed E-state index contributed by atoms with van der Waals surface area (Å²) in [5, 5.41) is 3.97. The molecule has 7 heteroatoms. The highest BCUT2D eigenvalue weighted by molar-refractivity contribution is 8.93. The Kier molecular flexibility index (Phi) is 5.46. The van der Waals surface area contributed by atoms with Gasteiger partial charge in [0.1, 0.15) is 0 Å². The van der Waals surface area contributed by atoms with Gasteiger partial charge in [0, 0.05) is 0 Å². The van der Waals surface area contributed by atoms with Crippen LogP contribution in [0, 0.1) is 0 Å². The van der Waals surface area contributed by atoms with E-state index in [1.165, 1.54) is 21.4 Å². The summed E-state index contributed by atoms with van der Waals surface area (Å²) < 4.78 is 0. The van der Waals surface area contributed by atoms with E-state index in [2.05, 4.69) is 40.3 Å². The monoisotopic (exact) mass is 391 g/mol. The zero-order valence-electron chi connectivity index (χ0n) is 13.8. The van der Waals surface area contributed by atoms with Gasteiger partial charge >= 0.3 is 0 Å². The highest BCUT2D eigenvalue weighted by Crippen LogP contribution is 2.22. The Balaban J connectivity index is 0.00000208. The second-order valence-electron chi connectivity index (χ2n) is 5.95. The molecule has 0 radical (unpaired) electrons. The van der Waals surface area contributed by atoms with Crippen molar-refractivity contribution in [1.82, 2.24) is 5.06 Å². The number of hydrogen-bond acceptors (Lipinski definition) is 6. The van der Waals surface area contributed by atoms with Gasteiger partial charge < -0.3 is 11.5 Å². The van der Waals surface area contributed by atoms with Gasteiger partial charge in [0.2, 0.25) is 11.9 Å². The number of guanidine groups is 2. The summed E-state index contributed by atoms with van der Waals surface area (Å²) >= 11 is 0. The van der Waals surface area contributed by atoms with Crippen LogP contribution < -0.4 is 11.5 Å². The fourth-order valence-electron chi connectivity index (χ4n) is 2.78. The van der Waals surface area contributed by atoms with Gasteiger partial charge in [-0.05, 0) is 36.6 Å². The molecule has 0 aromatic heterocycles. The minimum atomic E-state index is -0.672. The van der Waals surface area contributed by atoms with Crippen molar-refractivity contribution in [1.29, 1.82) is 0 Å². The van der Waals surface area contributed by atoms with Gasteiger partial charge in [0.25, 0.3) is 0 Å². The van der Waals surface area contributed by atoms with Crippen molar-refractivity contribution in [2.75, 3.05) is 6.61 Å². The summed E-state index contributed by atoms with van der Waals surface area (Å²) in [5.74, 6) is 0.391. The Bertz CT molecular complexity index is 782. The number of halogens is 1. The van der Waals surface area contributed by atoms with Crippen LogP contribution in [-0.4, -0.2) is 29.3 Å². The number of fused-ring (bicyclic) bond motifs is 1. The molecule has 0 unspecified atom stereocenters. The molecule has 1 aliphatic rings. The van der Waals surface area contributed by atoms with Gasteiger partial charge in [0.15, 0.2) is 5.66 Å². The first kappa shape index (κ1) is 18.2. The number of hydroxylamine groups is 2. The van der Waals surface area contributed by atoms with Crippen molar-refractivity contribution in [3.05, 3.63) is 48.0 Å². The molecule has 0 atom stereocenters. The van der Waals surface area contributed by atoms with Crippen molar-refractivity contribution in [3.8, 4) is 0 Å². The summed E-state index contributed by atoms with van der Waals surface area (Å²) in [5.41, 5.74) is 12.1. The van der Waals surface area contributed by atoms with E-state index in [1.807, 2.05) is 26.0 Å². The number of nitrogens with two attached hydrogens (primary N) is 2. The molecule has 0 spiro atoms. The summed E-state index contributed by atoms with van der Waals surface area (Å²) in [4.78, 5) is 14.0. The maximum atomic E-state index is 5.91. The van der Waals surface area contributed by atoms with Crippen molar-refractivity contribution in [2.24, 2.45) is 21.5 Å². The predicted octanol–water partition coefficient (Wildman–Crippen LogP) is 2.57. The van der Waals surface area contributed by atoms with E-state index in [4.69, 9.17) is 16.3 Å². The third-order valence-electron chi connectivity index (χ3n) is 3.79. The van der Waals surface area contributed by atoms with Crippen molar-refractivity contribution in [3.63, 3.8) is 0 Å². The van der Waals surface area contributed by atoms with E-state index in [0.29, 0.717) is 6.61 Å².